The lowest BCUT2D eigenvalue weighted by Crippen LogP contribution is -2.31. The van der Waals surface area contributed by atoms with E-state index in [9.17, 15) is 9.59 Å². The molecule has 2 amide bonds. The zero-order valence-corrected chi connectivity index (χ0v) is 14.4. The van der Waals surface area contributed by atoms with E-state index in [1.807, 2.05) is 25.1 Å². The van der Waals surface area contributed by atoms with Crippen molar-refractivity contribution in [2.75, 3.05) is 5.73 Å². The van der Waals surface area contributed by atoms with Crippen LogP contribution in [0.2, 0.25) is 0 Å². The van der Waals surface area contributed by atoms with Gasteiger partial charge in [-0.15, -0.1) is 0 Å². The number of hydrogen-bond acceptors (Lipinski definition) is 4. The molecule has 5 nitrogen and oxygen atoms in total. The van der Waals surface area contributed by atoms with Crippen LogP contribution in [0, 0.1) is 6.92 Å². The first kappa shape index (κ1) is 16.1. The molecule has 0 atom stereocenters. The highest BCUT2D eigenvalue weighted by atomic mass is 79.9. The molecule has 0 aliphatic heterocycles. The molecule has 1 aromatic heterocycles. The number of rotatable bonds is 2. The normalized spacial score (nSPS) is 10.6. The Bertz CT molecular complexity index is 944. The number of nitrogens with two attached hydrogens (primary N) is 1. The van der Waals surface area contributed by atoms with Crippen molar-refractivity contribution in [2.45, 2.75) is 6.92 Å². The zero-order chi connectivity index (χ0) is 17.3. The minimum Gasteiger partial charge on any atom is -0.399 e. The van der Waals surface area contributed by atoms with E-state index in [0.717, 1.165) is 15.4 Å². The third-order valence-corrected chi connectivity index (χ3v) is 4.33. The molecule has 0 saturated heterocycles. The van der Waals surface area contributed by atoms with E-state index in [1.54, 1.807) is 30.5 Å². The highest BCUT2D eigenvalue weighted by Gasteiger charge is 2.17. The molecular weight excluding hydrogens is 370 g/mol. The van der Waals surface area contributed by atoms with Gasteiger partial charge in [0.2, 0.25) is 0 Å². The van der Waals surface area contributed by atoms with Gasteiger partial charge in [-0.2, -0.15) is 0 Å². The summed E-state index contributed by atoms with van der Waals surface area (Å²) in [5.41, 5.74) is 7.66. The number of anilines is 1. The Morgan fingerprint density at radius 3 is 2.50 bits per heavy atom. The van der Waals surface area contributed by atoms with Gasteiger partial charge in [0.15, 0.2) is 0 Å². The smallest absolute Gasteiger partial charge is 0.277 e. The van der Waals surface area contributed by atoms with Crippen molar-refractivity contribution in [2.24, 2.45) is 0 Å². The first-order chi connectivity index (χ1) is 11.5. The topological polar surface area (TPSA) is 85.1 Å². The number of pyridine rings is 1. The van der Waals surface area contributed by atoms with Gasteiger partial charge in [-0.25, -0.2) is 0 Å². The molecule has 0 fully saturated rings. The number of aromatic nitrogens is 1. The number of aryl methyl sites for hydroxylation is 1. The molecular formula is C18H14BrN3O2. The van der Waals surface area contributed by atoms with E-state index >= 15 is 0 Å². The van der Waals surface area contributed by atoms with Crippen LogP contribution in [0.15, 0.2) is 53.1 Å². The lowest BCUT2D eigenvalue weighted by atomic mass is 10.1. The lowest BCUT2D eigenvalue weighted by molar-refractivity contribution is 0.0847. The quantitative estimate of drug-likeness (QED) is 0.524. The van der Waals surface area contributed by atoms with Crippen LogP contribution in [0.5, 0.6) is 0 Å². The Morgan fingerprint density at radius 1 is 1.08 bits per heavy atom. The summed E-state index contributed by atoms with van der Waals surface area (Å²) in [6.07, 6.45) is 1.62. The molecule has 0 radical (unpaired) electrons. The van der Waals surface area contributed by atoms with Crippen LogP contribution in [0.25, 0.3) is 10.8 Å². The first-order valence-corrected chi connectivity index (χ1v) is 8.01. The molecule has 6 heteroatoms. The maximum absolute atomic E-state index is 12.5. The summed E-state index contributed by atoms with van der Waals surface area (Å²) in [4.78, 5) is 28.9. The second-order valence-corrected chi connectivity index (χ2v) is 6.21. The number of nitrogen functional groups attached to an aromatic ring is 1. The third kappa shape index (κ3) is 3.00. The van der Waals surface area contributed by atoms with Crippen molar-refractivity contribution in [1.82, 2.24) is 10.3 Å². The molecule has 3 rings (SSSR count). The Hall–Kier alpha value is -2.73. The van der Waals surface area contributed by atoms with Crippen molar-refractivity contribution in [1.29, 1.82) is 0 Å². The van der Waals surface area contributed by atoms with Crippen molar-refractivity contribution in [3.05, 3.63) is 70.0 Å². The highest BCUT2D eigenvalue weighted by Crippen LogP contribution is 2.28. The van der Waals surface area contributed by atoms with Gasteiger partial charge < -0.3 is 5.73 Å². The molecule has 2 aromatic carbocycles. The molecule has 3 aromatic rings. The first-order valence-electron chi connectivity index (χ1n) is 7.22. The van der Waals surface area contributed by atoms with Gasteiger partial charge in [0, 0.05) is 32.7 Å². The van der Waals surface area contributed by atoms with Crippen molar-refractivity contribution in [3.8, 4) is 0 Å². The number of halogens is 1. The molecule has 24 heavy (non-hydrogen) atoms. The monoisotopic (exact) mass is 383 g/mol. The maximum atomic E-state index is 12.5. The van der Waals surface area contributed by atoms with Gasteiger partial charge in [-0.3, -0.25) is 19.9 Å². The fourth-order valence-electron chi connectivity index (χ4n) is 2.47. The molecule has 0 aliphatic rings. The van der Waals surface area contributed by atoms with Crippen LogP contribution in [-0.2, 0) is 0 Å². The van der Waals surface area contributed by atoms with Crippen molar-refractivity contribution < 1.29 is 9.59 Å². The number of hydrogen-bond donors (Lipinski definition) is 2. The van der Waals surface area contributed by atoms with Crippen LogP contribution in [0.4, 0.5) is 5.69 Å². The van der Waals surface area contributed by atoms with Gasteiger partial charge in [0.25, 0.3) is 11.8 Å². The van der Waals surface area contributed by atoms with E-state index in [2.05, 4.69) is 26.2 Å². The lowest BCUT2D eigenvalue weighted by Gasteiger charge is -2.09. The summed E-state index contributed by atoms with van der Waals surface area (Å²) < 4.78 is 0.874. The maximum Gasteiger partial charge on any atom is 0.277 e. The van der Waals surface area contributed by atoms with E-state index in [0.29, 0.717) is 16.6 Å². The van der Waals surface area contributed by atoms with Crippen LogP contribution in [0.1, 0.15) is 26.4 Å². The largest absolute Gasteiger partial charge is 0.399 e. The zero-order valence-electron chi connectivity index (χ0n) is 12.8. The standard InChI is InChI=1S/C18H14BrN3O2/c1-10-9-21-16(13-3-2-4-14(19)15(10)13)18(24)22-17(23)11-5-7-12(20)8-6-11/h2-9H,20H2,1H3,(H,22,23,24). The van der Waals surface area contributed by atoms with Gasteiger partial charge in [0.05, 0.1) is 0 Å². The van der Waals surface area contributed by atoms with Crippen LogP contribution >= 0.6 is 15.9 Å². The fourth-order valence-corrected chi connectivity index (χ4v) is 3.15. The highest BCUT2D eigenvalue weighted by molar-refractivity contribution is 9.10. The van der Waals surface area contributed by atoms with Crippen LogP contribution < -0.4 is 11.1 Å². The predicted molar refractivity (Wildman–Crippen MR) is 96.8 cm³/mol. The van der Waals surface area contributed by atoms with E-state index in [-0.39, 0.29) is 5.69 Å². The second-order valence-electron chi connectivity index (χ2n) is 5.36. The summed E-state index contributed by atoms with van der Waals surface area (Å²) in [5.74, 6) is -1.04. The van der Waals surface area contributed by atoms with Crippen LogP contribution in [-0.4, -0.2) is 16.8 Å². The number of imide groups is 1. The molecule has 0 spiro atoms. The average molecular weight is 384 g/mol. The Kier molecular flexibility index (Phi) is 4.31. The van der Waals surface area contributed by atoms with E-state index < -0.39 is 11.8 Å². The van der Waals surface area contributed by atoms with Gasteiger partial charge in [-0.05, 0) is 42.8 Å². The molecule has 0 unspecified atom stereocenters. The minimum absolute atomic E-state index is 0.209. The molecule has 3 N–H and O–H groups in total. The number of nitrogens with zero attached hydrogens (tertiary/aromatic N) is 1. The summed E-state index contributed by atoms with van der Waals surface area (Å²) in [6, 6.07) is 11.9. The third-order valence-electron chi connectivity index (χ3n) is 3.67. The molecule has 0 aliphatic carbocycles. The average Bonchev–Trinajstić information content (AvgIpc) is 2.55. The van der Waals surface area contributed by atoms with Crippen molar-refractivity contribution in [3.63, 3.8) is 0 Å². The fraction of sp³-hybridized carbons (Fsp3) is 0.0556. The summed E-state index contributed by atoms with van der Waals surface area (Å²) in [6.45, 7) is 1.92. The number of benzene rings is 2. The van der Waals surface area contributed by atoms with E-state index in [1.165, 1.54) is 0 Å². The Labute approximate surface area is 147 Å². The predicted octanol–water partition coefficient (Wildman–Crippen LogP) is 3.46. The number of carbonyl (C=O) groups excluding carboxylic acids is 2. The summed E-state index contributed by atoms with van der Waals surface area (Å²) >= 11 is 3.49. The van der Waals surface area contributed by atoms with Gasteiger partial charge in [-0.1, -0.05) is 28.1 Å². The van der Waals surface area contributed by atoms with Gasteiger partial charge in [0.1, 0.15) is 5.69 Å². The number of fused-ring (bicyclic) bond motifs is 1. The number of carbonyl (C=O) groups is 2. The van der Waals surface area contributed by atoms with E-state index in [4.69, 9.17) is 5.73 Å². The number of nitrogens with one attached hydrogen (secondary N) is 1. The molecule has 0 saturated carbocycles. The summed E-state index contributed by atoms with van der Waals surface area (Å²) in [5, 5.41) is 3.95. The Morgan fingerprint density at radius 2 is 1.79 bits per heavy atom. The van der Waals surface area contributed by atoms with Crippen LogP contribution in [0.3, 0.4) is 0 Å². The second kappa shape index (κ2) is 6.41. The van der Waals surface area contributed by atoms with Crippen molar-refractivity contribution >= 4 is 44.2 Å². The summed E-state index contributed by atoms with van der Waals surface area (Å²) in [7, 11) is 0. The molecule has 120 valence electrons. The number of amides is 2. The molecule has 0 bridgehead atoms. The minimum atomic E-state index is -0.542. The van der Waals surface area contributed by atoms with Gasteiger partial charge >= 0.3 is 0 Å². The SMILES string of the molecule is Cc1cnc(C(=O)NC(=O)c2ccc(N)cc2)c2cccc(Br)c12. The molecule has 1 heterocycles. The Balaban J connectivity index is 1.95.